The van der Waals surface area contributed by atoms with Crippen LogP contribution in [-0.2, 0) is 13.0 Å². The fourth-order valence-corrected chi connectivity index (χ4v) is 4.09. The average Bonchev–Trinajstić information content (AvgIpc) is 3.35. The van der Waals surface area contributed by atoms with Crippen molar-refractivity contribution >= 4 is 28.6 Å². The molecular formula is C26H22N6O. The number of nitrogens with one attached hydrogen (secondary N) is 2. The van der Waals surface area contributed by atoms with Crippen LogP contribution in [0.5, 0.6) is 11.5 Å². The zero-order chi connectivity index (χ0) is 22.0. The highest BCUT2D eigenvalue weighted by molar-refractivity contribution is 5.86. The van der Waals surface area contributed by atoms with Gasteiger partial charge in [0.05, 0.1) is 6.33 Å². The number of aromatic nitrogens is 4. The number of hydrogen-bond acceptors (Lipinski definition) is 6. The highest BCUT2D eigenvalue weighted by Crippen LogP contribution is 2.29. The quantitative estimate of drug-likeness (QED) is 0.383. The van der Waals surface area contributed by atoms with Crippen LogP contribution in [-0.4, -0.2) is 26.5 Å². The van der Waals surface area contributed by atoms with E-state index in [2.05, 4.69) is 44.5 Å². The van der Waals surface area contributed by atoms with Crippen molar-refractivity contribution in [2.45, 2.75) is 13.0 Å². The fourth-order valence-electron chi connectivity index (χ4n) is 4.09. The van der Waals surface area contributed by atoms with Crippen LogP contribution in [0.2, 0.25) is 0 Å². The first-order chi connectivity index (χ1) is 16.3. The number of H-pyrrole nitrogens is 1. The van der Waals surface area contributed by atoms with Gasteiger partial charge in [-0.25, -0.2) is 4.98 Å². The van der Waals surface area contributed by atoms with Crippen molar-refractivity contribution in [3.63, 3.8) is 0 Å². The summed E-state index contributed by atoms with van der Waals surface area (Å²) in [4.78, 5) is 19.3. The summed E-state index contributed by atoms with van der Waals surface area (Å²) < 4.78 is 5.89. The number of benzene rings is 3. The summed E-state index contributed by atoms with van der Waals surface area (Å²) in [7, 11) is 0. The molecule has 0 atom stereocenters. The monoisotopic (exact) mass is 434 g/mol. The minimum Gasteiger partial charge on any atom is -0.457 e. The van der Waals surface area contributed by atoms with Gasteiger partial charge in [0.15, 0.2) is 11.5 Å². The third-order valence-electron chi connectivity index (χ3n) is 5.78. The molecule has 0 fully saturated rings. The molecule has 1 aliphatic heterocycles. The van der Waals surface area contributed by atoms with Crippen LogP contribution >= 0.6 is 0 Å². The van der Waals surface area contributed by atoms with Gasteiger partial charge in [-0.2, -0.15) is 9.97 Å². The van der Waals surface area contributed by atoms with Gasteiger partial charge in [-0.15, -0.1) is 0 Å². The van der Waals surface area contributed by atoms with Crippen LogP contribution < -0.4 is 15.0 Å². The van der Waals surface area contributed by atoms with Crippen LogP contribution in [0.3, 0.4) is 0 Å². The lowest BCUT2D eigenvalue weighted by Gasteiger charge is -2.29. The highest BCUT2D eigenvalue weighted by Gasteiger charge is 2.20. The Labute approximate surface area is 191 Å². The van der Waals surface area contributed by atoms with E-state index in [0.717, 1.165) is 42.2 Å². The molecule has 33 heavy (non-hydrogen) atoms. The zero-order valence-corrected chi connectivity index (χ0v) is 17.9. The van der Waals surface area contributed by atoms with Crippen molar-refractivity contribution in [3.05, 3.63) is 96.3 Å². The Morgan fingerprint density at radius 3 is 2.42 bits per heavy atom. The molecule has 0 bridgehead atoms. The molecule has 7 heteroatoms. The molecule has 1 aliphatic rings. The first-order valence-electron chi connectivity index (χ1n) is 10.9. The van der Waals surface area contributed by atoms with E-state index in [0.29, 0.717) is 17.4 Å². The number of hydrogen-bond donors (Lipinski definition) is 2. The Bertz CT molecular complexity index is 1400. The van der Waals surface area contributed by atoms with E-state index in [1.54, 1.807) is 6.33 Å². The summed E-state index contributed by atoms with van der Waals surface area (Å²) in [6, 6.07) is 26.1. The number of para-hydroxylation sites is 1. The molecule has 7 nitrogen and oxygen atoms in total. The van der Waals surface area contributed by atoms with Gasteiger partial charge in [-0.1, -0.05) is 42.5 Å². The summed E-state index contributed by atoms with van der Waals surface area (Å²) in [5, 5.41) is 3.42. The zero-order valence-electron chi connectivity index (χ0n) is 17.9. The molecule has 0 unspecified atom stereocenters. The van der Waals surface area contributed by atoms with E-state index in [4.69, 9.17) is 14.7 Å². The van der Waals surface area contributed by atoms with Crippen LogP contribution in [0.4, 0.5) is 17.5 Å². The second-order valence-electron chi connectivity index (χ2n) is 7.98. The van der Waals surface area contributed by atoms with Crippen molar-refractivity contribution < 1.29 is 4.74 Å². The second-order valence-corrected chi connectivity index (χ2v) is 7.98. The summed E-state index contributed by atoms with van der Waals surface area (Å²) in [5.74, 6) is 2.95. The summed E-state index contributed by atoms with van der Waals surface area (Å²) in [6.45, 7) is 1.66. The Morgan fingerprint density at radius 1 is 0.818 bits per heavy atom. The minimum atomic E-state index is 0.644. The lowest BCUT2D eigenvalue weighted by atomic mass is 10.0. The smallest absolute Gasteiger partial charge is 0.229 e. The van der Waals surface area contributed by atoms with Gasteiger partial charge in [-0.05, 0) is 53.9 Å². The number of fused-ring (bicyclic) bond motifs is 2. The van der Waals surface area contributed by atoms with Crippen LogP contribution in [0.1, 0.15) is 11.1 Å². The lowest BCUT2D eigenvalue weighted by molar-refractivity contribution is 0.483. The number of rotatable bonds is 5. The maximum atomic E-state index is 5.89. The molecule has 0 saturated heterocycles. The molecule has 5 aromatic rings. The third-order valence-corrected chi connectivity index (χ3v) is 5.78. The van der Waals surface area contributed by atoms with Gasteiger partial charge in [0, 0.05) is 18.8 Å². The van der Waals surface area contributed by atoms with Crippen LogP contribution in [0, 0.1) is 0 Å². The maximum absolute atomic E-state index is 5.89. The van der Waals surface area contributed by atoms with Crippen molar-refractivity contribution in [1.82, 2.24) is 19.9 Å². The molecular weight excluding hydrogens is 412 g/mol. The van der Waals surface area contributed by atoms with E-state index in [-0.39, 0.29) is 0 Å². The summed E-state index contributed by atoms with van der Waals surface area (Å²) in [5.41, 5.74) is 5.04. The number of ether oxygens (including phenoxy) is 1. The lowest BCUT2D eigenvalue weighted by Crippen LogP contribution is -2.31. The van der Waals surface area contributed by atoms with E-state index >= 15 is 0 Å². The minimum absolute atomic E-state index is 0.644. The SMILES string of the molecule is c1ccc(Oc2ccc(Nc3nc(N4CCc5ccccc5C4)nc4nc[nH]c34)cc2)cc1. The Balaban J connectivity index is 1.26. The van der Waals surface area contributed by atoms with Gasteiger partial charge in [0.1, 0.15) is 17.0 Å². The number of anilines is 3. The van der Waals surface area contributed by atoms with Gasteiger partial charge < -0.3 is 19.9 Å². The predicted octanol–water partition coefficient (Wildman–Crippen LogP) is 5.45. The van der Waals surface area contributed by atoms with E-state index < -0.39 is 0 Å². The predicted molar refractivity (Wildman–Crippen MR) is 129 cm³/mol. The molecule has 0 spiro atoms. The molecule has 0 aliphatic carbocycles. The summed E-state index contributed by atoms with van der Waals surface area (Å²) in [6.07, 6.45) is 2.63. The largest absolute Gasteiger partial charge is 0.457 e. The Kier molecular flexibility index (Phi) is 4.84. The number of imidazole rings is 1. The Hall–Kier alpha value is -4.39. The third kappa shape index (κ3) is 3.96. The molecule has 2 N–H and O–H groups in total. The van der Waals surface area contributed by atoms with Crippen molar-refractivity contribution in [2.75, 3.05) is 16.8 Å². The standard InChI is InChI=1S/C26H22N6O/c1-2-8-21(9-3-1)33-22-12-10-20(11-13-22)29-25-23-24(28-17-27-23)30-26(31-25)32-15-14-18-6-4-5-7-19(18)16-32/h1-13,17H,14-16H2,(H2,27,28,29,30,31). The van der Waals surface area contributed by atoms with Crippen molar-refractivity contribution in [2.24, 2.45) is 0 Å². The maximum Gasteiger partial charge on any atom is 0.229 e. The van der Waals surface area contributed by atoms with E-state index in [1.807, 2.05) is 54.6 Å². The Morgan fingerprint density at radius 2 is 1.58 bits per heavy atom. The van der Waals surface area contributed by atoms with Crippen molar-refractivity contribution in [1.29, 1.82) is 0 Å². The molecule has 162 valence electrons. The van der Waals surface area contributed by atoms with Crippen LogP contribution in [0.15, 0.2) is 85.2 Å². The normalized spacial score (nSPS) is 13.0. The van der Waals surface area contributed by atoms with Crippen LogP contribution in [0.25, 0.3) is 11.2 Å². The van der Waals surface area contributed by atoms with Gasteiger partial charge in [0.25, 0.3) is 0 Å². The van der Waals surface area contributed by atoms with Gasteiger partial charge >= 0.3 is 0 Å². The fraction of sp³-hybridized carbons (Fsp3) is 0.115. The summed E-state index contributed by atoms with van der Waals surface area (Å²) >= 11 is 0. The molecule has 0 amide bonds. The average molecular weight is 435 g/mol. The first-order valence-corrected chi connectivity index (χ1v) is 10.9. The topological polar surface area (TPSA) is 79.0 Å². The van der Waals surface area contributed by atoms with Crippen molar-refractivity contribution in [3.8, 4) is 11.5 Å². The molecule has 0 radical (unpaired) electrons. The van der Waals surface area contributed by atoms with E-state index in [9.17, 15) is 0 Å². The van der Waals surface area contributed by atoms with Gasteiger partial charge in [-0.3, -0.25) is 0 Å². The first kappa shape index (κ1) is 19.3. The number of nitrogens with zero attached hydrogens (tertiary/aromatic N) is 4. The second kappa shape index (κ2) is 8.27. The molecule has 3 heterocycles. The van der Waals surface area contributed by atoms with Gasteiger partial charge in [0.2, 0.25) is 5.95 Å². The molecule has 3 aromatic carbocycles. The molecule has 6 rings (SSSR count). The molecule has 2 aromatic heterocycles. The van der Waals surface area contributed by atoms with E-state index in [1.165, 1.54) is 11.1 Å². The number of aromatic amines is 1. The highest BCUT2D eigenvalue weighted by atomic mass is 16.5. The molecule has 0 saturated carbocycles.